The van der Waals surface area contributed by atoms with E-state index in [1.165, 1.54) is 11.3 Å². The van der Waals surface area contributed by atoms with Crippen LogP contribution in [0.25, 0.3) is 0 Å². The van der Waals surface area contributed by atoms with E-state index in [9.17, 15) is 4.79 Å². The van der Waals surface area contributed by atoms with Gasteiger partial charge in [-0.05, 0) is 36.8 Å². The Kier molecular flexibility index (Phi) is 4.43. The zero-order chi connectivity index (χ0) is 17.9. The SMILES string of the molecule is Cc1cccc(N2CCN(c3nnc(Cc4ccco4)c(=O)[nH]3)CC2)c1. The number of H-pyrrole nitrogens is 1. The number of furan rings is 1. The summed E-state index contributed by atoms with van der Waals surface area (Å²) in [6, 6.07) is 12.1. The third-order valence-corrected chi connectivity index (χ3v) is 4.62. The molecule has 4 rings (SSSR count). The second kappa shape index (κ2) is 7.03. The molecule has 0 unspecified atom stereocenters. The van der Waals surface area contributed by atoms with Gasteiger partial charge in [0, 0.05) is 31.9 Å². The fourth-order valence-electron chi connectivity index (χ4n) is 3.19. The summed E-state index contributed by atoms with van der Waals surface area (Å²) in [6.45, 7) is 5.43. The summed E-state index contributed by atoms with van der Waals surface area (Å²) >= 11 is 0. The van der Waals surface area contributed by atoms with Gasteiger partial charge >= 0.3 is 0 Å². The molecule has 1 aromatic carbocycles. The molecule has 0 atom stereocenters. The van der Waals surface area contributed by atoms with Crippen LogP contribution < -0.4 is 15.4 Å². The number of piperazine rings is 1. The Morgan fingerprint density at radius 3 is 2.58 bits per heavy atom. The lowest BCUT2D eigenvalue weighted by Crippen LogP contribution is -2.47. The Balaban J connectivity index is 1.43. The maximum Gasteiger partial charge on any atom is 0.274 e. The second-order valence-electron chi connectivity index (χ2n) is 6.49. The monoisotopic (exact) mass is 351 g/mol. The molecule has 3 heterocycles. The number of hydrogen-bond acceptors (Lipinski definition) is 6. The normalized spacial score (nSPS) is 14.7. The van der Waals surface area contributed by atoms with Crippen molar-refractivity contribution in [2.75, 3.05) is 36.0 Å². The molecular weight excluding hydrogens is 330 g/mol. The zero-order valence-electron chi connectivity index (χ0n) is 14.7. The highest BCUT2D eigenvalue weighted by molar-refractivity contribution is 5.50. The molecule has 7 heteroatoms. The fraction of sp³-hybridized carbons (Fsp3) is 0.316. The first-order valence-electron chi connectivity index (χ1n) is 8.74. The summed E-state index contributed by atoms with van der Waals surface area (Å²) in [5.74, 6) is 1.23. The van der Waals surface area contributed by atoms with Crippen LogP contribution >= 0.6 is 0 Å². The van der Waals surface area contributed by atoms with Crippen LogP contribution in [0.1, 0.15) is 17.0 Å². The minimum atomic E-state index is -0.215. The van der Waals surface area contributed by atoms with Crippen molar-refractivity contribution in [2.45, 2.75) is 13.3 Å². The van der Waals surface area contributed by atoms with E-state index in [1.807, 2.05) is 6.07 Å². The van der Waals surface area contributed by atoms with Crippen molar-refractivity contribution in [3.63, 3.8) is 0 Å². The van der Waals surface area contributed by atoms with Crippen LogP contribution in [-0.2, 0) is 6.42 Å². The molecule has 134 valence electrons. The molecule has 1 N–H and O–H groups in total. The van der Waals surface area contributed by atoms with Gasteiger partial charge in [-0.25, -0.2) is 0 Å². The summed E-state index contributed by atoms with van der Waals surface area (Å²) in [6.07, 6.45) is 1.93. The van der Waals surface area contributed by atoms with Gasteiger partial charge in [0.15, 0.2) is 0 Å². The lowest BCUT2D eigenvalue weighted by Gasteiger charge is -2.36. The smallest absolute Gasteiger partial charge is 0.274 e. The lowest BCUT2D eigenvalue weighted by molar-refractivity contribution is 0.517. The molecule has 0 bridgehead atoms. The number of hydrogen-bond donors (Lipinski definition) is 1. The van der Waals surface area contributed by atoms with Gasteiger partial charge < -0.3 is 14.2 Å². The molecule has 0 aliphatic carbocycles. The number of aromatic nitrogens is 3. The number of nitrogens with zero attached hydrogens (tertiary/aromatic N) is 4. The lowest BCUT2D eigenvalue weighted by atomic mass is 10.2. The van der Waals surface area contributed by atoms with Gasteiger partial charge in [-0.3, -0.25) is 9.78 Å². The van der Waals surface area contributed by atoms with Crippen LogP contribution in [0.5, 0.6) is 0 Å². The molecule has 1 aliphatic heterocycles. The van der Waals surface area contributed by atoms with Crippen molar-refractivity contribution in [1.29, 1.82) is 0 Å². The molecule has 0 saturated carbocycles. The molecule has 7 nitrogen and oxygen atoms in total. The first-order chi connectivity index (χ1) is 12.7. The van der Waals surface area contributed by atoms with Gasteiger partial charge in [0.2, 0.25) is 5.95 Å². The van der Waals surface area contributed by atoms with E-state index in [0.29, 0.717) is 23.8 Å². The number of nitrogens with one attached hydrogen (secondary N) is 1. The molecule has 1 aliphatic rings. The van der Waals surface area contributed by atoms with Crippen molar-refractivity contribution < 1.29 is 4.42 Å². The average Bonchev–Trinajstić information content (AvgIpc) is 3.17. The van der Waals surface area contributed by atoms with Gasteiger partial charge in [0.25, 0.3) is 5.56 Å². The minimum absolute atomic E-state index is 0.215. The van der Waals surface area contributed by atoms with Crippen LogP contribution in [0.2, 0.25) is 0 Å². The van der Waals surface area contributed by atoms with E-state index in [1.54, 1.807) is 12.3 Å². The van der Waals surface area contributed by atoms with Crippen molar-refractivity contribution >= 4 is 11.6 Å². The van der Waals surface area contributed by atoms with Crippen molar-refractivity contribution in [3.8, 4) is 0 Å². The molecule has 0 amide bonds. The van der Waals surface area contributed by atoms with Gasteiger partial charge in [0.1, 0.15) is 11.5 Å². The quantitative estimate of drug-likeness (QED) is 0.774. The van der Waals surface area contributed by atoms with Crippen molar-refractivity contribution in [2.24, 2.45) is 0 Å². The molecule has 2 aromatic heterocycles. The van der Waals surface area contributed by atoms with E-state index in [-0.39, 0.29) is 5.56 Å². The number of aromatic amines is 1. The Bertz CT molecular complexity index is 927. The fourth-order valence-corrected chi connectivity index (χ4v) is 3.19. The summed E-state index contributed by atoms with van der Waals surface area (Å²) in [5.41, 5.74) is 2.64. The van der Waals surface area contributed by atoms with Crippen LogP contribution in [0, 0.1) is 6.92 Å². The molecule has 3 aromatic rings. The molecule has 0 radical (unpaired) electrons. The summed E-state index contributed by atoms with van der Waals surface area (Å²) in [5, 5.41) is 8.32. The van der Waals surface area contributed by atoms with Gasteiger partial charge in [0.05, 0.1) is 12.7 Å². The van der Waals surface area contributed by atoms with Crippen molar-refractivity contribution in [1.82, 2.24) is 15.2 Å². The predicted octanol–water partition coefficient (Wildman–Crippen LogP) is 1.98. The molecular formula is C19H21N5O2. The van der Waals surface area contributed by atoms with Crippen LogP contribution in [0.15, 0.2) is 51.9 Å². The topological polar surface area (TPSA) is 78.3 Å². The highest BCUT2D eigenvalue weighted by Gasteiger charge is 2.20. The van der Waals surface area contributed by atoms with E-state index in [2.05, 4.69) is 56.2 Å². The van der Waals surface area contributed by atoms with Crippen molar-refractivity contribution in [3.05, 3.63) is 70.0 Å². The Hall–Kier alpha value is -3.09. The highest BCUT2D eigenvalue weighted by Crippen LogP contribution is 2.19. The third kappa shape index (κ3) is 3.46. The maximum absolute atomic E-state index is 12.3. The number of benzene rings is 1. The van der Waals surface area contributed by atoms with E-state index in [4.69, 9.17) is 4.42 Å². The number of anilines is 2. The maximum atomic E-state index is 12.3. The average molecular weight is 351 g/mol. The number of rotatable bonds is 4. The van der Waals surface area contributed by atoms with Gasteiger partial charge in [-0.15, -0.1) is 10.2 Å². The Morgan fingerprint density at radius 2 is 1.88 bits per heavy atom. The van der Waals surface area contributed by atoms with Crippen LogP contribution in [0.3, 0.4) is 0 Å². The van der Waals surface area contributed by atoms with E-state index >= 15 is 0 Å². The third-order valence-electron chi connectivity index (χ3n) is 4.62. The van der Waals surface area contributed by atoms with E-state index in [0.717, 1.165) is 26.2 Å². The Morgan fingerprint density at radius 1 is 1.08 bits per heavy atom. The molecule has 0 spiro atoms. The summed E-state index contributed by atoms with van der Waals surface area (Å²) in [7, 11) is 0. The predicted molar refractivity (Wildman–Crippen MR) is 99.8 cm³/mol. The second-order valence-corrected chi connectivity index (χ2v) is 6.49. The molecule has 26 heavy (non-hydrogen) atoms. The highest BCUT2D eigenvalue weighted by atomic mass is 16.3. The first kappa shape index (κ1) is 16.4. The summed E-state index contributed by atoms with van der Waals surface area (Å²) in [4.78, 5) is 19.6. The van der Waals surface area contributed by atoms with Crippen LogP contribution in [-0.4, -0.2) is 41.4 Å². The number of aryl methyl sites for hydroxylation is 1. The molecule has 1 fully saturated rings. The molecule has 1 saturated heterocycles. The zero-order valence-corrected chi connectivity index (χ0v) is 14.7. The Labute approximate surface area is 151 Å². The van der Waals surface area contributed by atoms with Crippen LogP contribution in [0.4, 0.5) is 11.6 Å². The first-order valence-corrected chi connectivity index (χ1v) is 8.74. The standard InChI is InChI=1S/C19H21N5O2/c1-14-4-2-5-15(12-14)23-7-9-24(10-8-23)19-20-18(25)17(21-22-19)13-16-6-3-11-26-16/h2-6,11-12H,7-10,13H2,1H3,(H,20,22,25). The van der Waals surface area contributed by atoms with Gasteiger partial charge in [-0.1, -0.05) is 12.1 Å². The van der Waals surface area contributed by atoms with Gasteiger partial charge in [-0.2, -0.15) is 0 Å². The van der Waals surface area contributed by atoms with E-state index < -0.39 is 0 Å². The minimum Gasteiger partial charge on any atom is -0.469 e. The largest absolute Gasteiger partial charge is 0.469 e. The summed E-state index contributed by atoms with van der Waals surface area (Å²) < 4.78 is 5.26.